The van der Waals surface area contributed by atoms with Crippen molar-refractivity contribution in [3.05, 3.63) is 94.5 Å². The predicted molar refractivity (Wildman–Crippen MR) is 106 cm³/mol. The second kappa shape index (κ2) is 6.92. The van der Waals surface area contributed by atoms with Crippen molar-refractivity contribution >= 4 is 22.6 Å². The van der Waals surface area contributed by atoms with E-state index >= 15 is 0 Å². The second-order valence-electron chi connectivity index (χ2n) is 6.27. The highest BCUT2D eigenvalue weighted by Crippen LogP contribution is 2.33. The number of nitrogens with zero attached hydrogens (tertiary/aromatic N) is 2. The van der Waals surface area contributed by atoms with E-state index in [1.165, 1.54) is 18.2 Å². The molecule has 0 spiro atoms. The molecule has 0 saturated heterocycles. The van der Waals surface area contributed by atoms with Gasteiger partial charge in [0.15, 0.2) is 0 Å². The fourth-order valence-corrected chi connectivity index (χ4v) is 3.14. The maximum atomic E-state index is 11.4. The van der Waals surface area contributed by atoms with Gasteiger partial charge in [-0.2, -0.15) is 0 Å². The zero-order chi connectivity index (χ0) is 19.7. The molecule has 3 aromatic carbocycles. The van der Waals surface area contributed by atoms with Crippen LogP contribution in [0.1, 0.15) is 10.4 Å². The molecule has 0 aliphatic carbocycles. The first kappa shape index (κ1) is 17.4. The summed E-state index contributed by atoms with van der Waals surface area (Å²) < 4.78 is 0. The zero-order valence-corrected chi connectivity index (χ0v) is 14.6. The molecule has 6 nitrogen and oxygen atoms in total. The summed E-state index contributed by atoms with van der Waals surface area (Å²) in [5.74, 6) is -1.01. The molecule has 0 atom stereocenters. The SMILES string of the molecule is O=C(O)c1ccc2nc(-c3cccc([N+](=O)[O-])c3)cc(-c3ccccc3)c2c1. The highest BCUT2D eigenvalue weighted by Gasteiger charge is 2.14. The second-order valence-corrected chi connectivity index (χ2v) is 6.27. The number of hydrogen-bond donors (Lipinski definition) is 1. The molecule has 0 aliphatic heterocycles. The van der Waals surface area contributed by atoms with Crippen molar-refractivity contribution in [2.24, 2.45) is 0 Å². The van der Waals surface area contributed by atoms with Gasteiger partial charge in [-0.1, -0.05) is 42.5 Å². The van der Waals surface area contributed by atoms with Crippen LogP contribution in [0.15, 0.2) is 78.9 Å². The number of benzene rings is 3. The van der Waals surface area contributed by atoms with Gasteiger partial charge < -0.3 is 5.11 Å². The Morgan fingerprint density at radius 3 is 2.36 bits per heavy atom. The maximum absolute atomic E-state index is 11.4. The lowest BCUT2D eigenvalue weighted by Crippen LogP contribution is -1.97. The van der Waals surface area contributed by atoms with Crippen LogP contribution < -0.4 is 0 Å². The highest BCUT2D eigenvalue weighted by molar-refractivity contribution is 6.01. The molecule has 28 heavy (non-hydrogen) atoms. The third-order valence-corrected chi connectivity index (χ3v) is 4.49. The summed E-state index contributed by atoms with van der Waals surface area (Å²) in [7, 11) is 0. The van der Waals surface area contributed by atoms with E-state index in [0.717, 1.165) is 11.1 Å². The van der Waals surface area contributed by atoms with Gasteiger partial charge in [0.2, 0.25) is 0 Å². The summed E-state index contributed by atoms with van der Waals surface area (Å²) in [5.41, 5.74) is 3.71. The molecule has 1 heterocycles. The van der Waals surface area contributed by atoms with Crippen molar-refractivity contribution in [2.75, 3.05) is 0 Å². The molecule has 0 unspecified atom stereocenters. The van der Waals surface area contributed by atoms with Crippen LogP contribution in [0.4, 0.5) is 5.69 Å². The van der Waals surface area contributed by atoms with Crippen LogP contribution >= 0.6 is 0 Å². The Bertz CT molecular complexity index is 1220. The molecule has 6 heteroatoms. The number of fused-ring (bicyclic) bond motifs is 1. The van der Waals surface area contributed by atoms with Crippen molar-refractivity contribution in [3.63, 3.8) is 0 Å². The monoisotopic (exact) mass is 370 g/mol. The third-order valence-electron chi connectivity index (χ3n) is 4.49. The van der Waals surface area contributed by atoms with E-state index < -0.39 is 10.9 Å². The molecule has 4 rings (SSSR count). The lowest BCUT2D eigenvalue weighted by atomic mass is 9.97. The van der Waals surface area contributed by atoms with Crippen molar-refractivity contribution in [2.45, 2.75) is 0 Å². The number of aromatic nitrogens is 1. The number of pyridine rings is 1. The molecule has 0 radical (unpaired) electrons. The van der Waals surface area contributed by atoms with Gasteiger partial charge in [-0.25, -0.2) is 9.78 Å². The first-order valence-corrected chi connectivity index (χ1v) is 8.51. The number of hydrogen-bond acceptors (Lipinski definition) is 4. The molecule has 1 aromatic heterocycles. The van der Waals surface area contributed by atoms with Crippen LogP contribution in [-0.4, -0.2) is 21.0 Å². The minimum atomic E-state index is -1.01. The maximum Gasteiger partial charge on any atom is 0.335 e. The van der Waals surface area contributed by atoms with Gasteiger partial charge in [-0.3, -0.25) is 10.1 Å². The summed E-state index contributed by atoms with van der Waals surface area (Å²) in [4.78, 5) is 26.7. The van der Waals surface area contributed by atoms with E-state index in [4.69, 9.17) is 0 Å². The van der Waals surface area contributed by atoms with Crippen LogP contribution in [0.25, 0.3) is 33.3 Å². The molecule has 0 aliphatic rings. The van der Waals surface area contributed by atoms with E-state index in [0.29, 0.717) is 22.2 Å². The van der Waals surface area contributed by atoms with Crippen molar-refractivity contribution in [3.8, 4) is 22.4 Å². The molecule has 0 amide bonds. The summed E-state index contributed by atoms with van der Waals surface area (Å²) >= 11 is 0. The summed E-state index contributed by atoms with van der Waals surface area (Å²) in [6.07, 6.45) is 0. The Morgan fingerprint density at radius 2 is 1.64 bits per heavy atom. The average molecular weight is 370 g/mol. The number of rotatable bonds is 4. The molecule has 4 aromatic rings. The van der Waals surface area contributed by atoms with Crippen molar-refractivity contribution in [1.82, 2.24) is 4.98 Å². The van der Waals surface area contributed by atoms with E-state index in [2.05, 4.69) is 4.98 Å². The Morgan fingerprint density at radius 1 is 0.893 bits per heavy atom. The lowest BCUT2D eigenvalue weighted by molar-refractivity contribution is -0.384. The predicted octanol–water partition coefficient (Wildman–Crippen LogP) is 5.18. The fraction of sp³-hybridized carbons (Fsp3) is 0. The summed E-state index contributed by atoms with van der Waals surface area (Å²) in [6.45, 7) is 0. The van der Waals surface area contributed by atoms with Gasteiger partial charge in [-0.05, 0) is 35.4 Å². The Hall–Kier alpha value is -4.06. The first-order valence-electron chi connectivity index (χ1n) is 8.51. The largest absolute Gasteiger partial charge is 0.478 e. The molecule has 0 saturated carbocycles. The van der Waals surface area contributed by atoms with E-state index in [1.807, 2.05) is 36.4 Å². The normalized spacial score (nSPS) is 10.7. The Labute approximate surface area is 159 Å². The Balaban J connectivity index is 2.00. The average Bonchev–Trinajstić information content (AvgIpc) is 2.73. The van der Waals surface area contributed by atoms with E-state index in [9.17, 15) is 20.0 Å². The number of nitro groups is 1. The van der Waals surface area contributed by atoms with Crippen LogP contribution in [0.5, 0.6) is 0 Å². The Kier molecular flexibility index (Phi) is 4.29. The van der Waals surface area contributed by atoms with E-state index in [1.54, 1.807) is 24.3 Å². The standard InChI is InChI=1S/C22H14N2O4/c25-22(26)16-9-10-20-19(12-16)18(14-5-2-1-3-6-14)13-21(23-20)15-7-4-8-17(11-15)24(27)28/h1-13H,(H,25,26). The third kappa shape index (κ3) is 3.19. The van der Waals surface area contributed by atoms with Crippen molar-refractivity contribution in [1.29, 1.82) is 0 Å². The van der Waals surface area contributed by atoms with Crippen LogP contribution in [-0.2, 0) is 0 Å². The number of carboxylic acids is 1. The minimum absolute atomic E-state index is 0.0121. The zero-order valence-electron chi connectivity index (χ0n) is 14.6. The van der Waals surface area contributed by atoms with Gasteiger partial charge in [0, 0.05) is 23.1 Å². The summed E-state index contributed by atoms with van der Waals surface area (Å²) in [5, 5.41) is 21.2. The molecule has 0 bridgehead atoms. The smallest absolute Gasteiger partial charge is 0.335 e. The molecule has 136 valence electrons. The van der Waals surface area contributed by atoms with Crippen LogP contribution in [0.2, 0.25) is 0 Å². The fourth-order valence-electron chi connectivity index (χ4n) is 3.14. The minimum Gasteiger partial charge on any atom is -0.478 e. The summed E-state index contributed by atoms with van der Waals surface area (Å²) in [6, 6.07) is 22.5. The van der Waals surface area contributed by atoms with Gasteiger partial charge in [-0.15, -0.1) is 0 Å². The van der Waals surface area contributed by atoms with Gasteiger partial charge in [0.25, 0.3) is 5.69 Å². The van der Waals surface area contributed by atoms with Gasteiger partial charge in [0.05, 0.1) is 21.7 Å². The first-order chi connectivity index (χ1) is 13.5. The topological polar surface area (TPSA) is 93.3 Å². The van der Waals surface area contributed by atoms with E-state index in [-0.39, 0.29) is 11.3 Å². The lowest BCUT2D eigenvalue weighted by Gasteiger charge is -2.11. The van der Waals surface area contributed by atoms with Crippen LogP contribution in [0.3, 0.4) is 0 Å². The highest BCUT2D eigenvalue weighted by atomic mass is 16.6. The molecule has 1 N–H and O–H groups in total. The van der Waals surface area contributed by atoms with Crippen molar-refractivity contribution < 1.29 is 14.8 Å². The quantitative estimate of drug-likeness (QED) is 0.395. The number of carboxylic acid groups (broad SMARTS) is 1. The number of nitro benzene ring substituents is 1. The van der Waals surface area contributed by atoms with Gasteiger partial charge >= 0.3 is 5.97 Å². The number of non-ortho nitro benzene ring substituents is 1. The van der Waals surface area contributed by atoms with Crippen LogP contribution in [0, 0.1) is 10.1 Å². The number of carbonyl (C=O) groups is 1. The molecular weight excluding hydrogens is 356 g/mol. The molecular formula is C22H14N2O4. The molecule has 0 fully saturated rings. The van der Waals surface area contributed by atoms with Gasteiger partial charge in [0.1, 0.15) is 0 Å². The number of aromatic carboxylic acids is 1.